The molecule has 0 aliphatic carbocycles. The van der Waals surface area contributed by atoms with E-state index in [-0.39, 0.29) is 17.7 Å². The fourth-order valence-corrected chi connectivity index (χ4v) is 6.57. The number of thiocarbonyl (C=S) groups is 1. The highest BCUT2D eigenvalue weighted by molar-refractivity contribution is 8.14. The lowest BCUT2D eigenvalue weighted by Crippen LogP contribution is -2.34. The molecule has 49 heavy (non-hydrogen) atoms. The van der Waals surface area contributed by atoms with Crippen LogP contribution >= 0.6 is 24.0 Å². The number of amidine groups is 1. The van der Waals surface area contributed by atoms with Gasteiger partial charge in [-0.05, 0) is 86.9 Å². The van der Waals surface area contributed by atoms with Gasteiger partial charge in [-0.25, -0.2) is 9.67 Å². The molecule has 4 aromatic rings. The second-order valence-corrected chi connectivity index (χ2v) is 14.0. The Kier molecular flexibility index (Phi) is 9.85. The van der Waals surface area contributed by atoms with Crippen LogP contribution in [0.4, 0.5) is 18.9 Å². The van der Waals surface area contributed by atoms with E-state index < -0.39 is 12.0 Å². The Morgan fingerprint density at radius 1 is 1.06 bits per heavy atom. The highest BCUT2D eigenvalue weighted by atomic mass is 32.2. The summed E-state index contributed by atoms with van der Waals surface area (Å²) in [6.07, 6.45) is -0.984. The zero-order chi connectivity index (χ0) is 34.9. The van der Waals surface area contributed by atoms with Crippen LogP contribution in [-0.4, -0.2) is 54.6 Å². The van der Waals surface area contributed by atoms with Crippen molar-refractivity contribution in [3.05, 3.63) is 102 Å². The second kappa shape index (κ2) is 13.9. The van der Waals surface area contributed by atoms with Crippen molar-refractivity contribution in [2.24, 2.45) is 4.99 Å². The molecular formula is C35H35F3N6O3S2. The van der Waals surface area contributed by atoms with Gasteiger partial charge >= 0.3 is 11.5 Å². The van der Waals surface area contributed by atoms with Crippen LogP contribution in [0.2, 0.25) is 0 Å². The third kappa shape index (κ3) is 8.68. The molecule has 1 aromatic heterocycles. The van der Waals surface area contributed by atoms with Crippen LogP contribution in [0, 0.1) is 6.92 Å². The smallest absolute Gasteiger partial charge is 0.406 e. The number of allylic oxidation sites excluding steroid dienone is 1. The van der Waals surface area contributed by atoms with Crippen molar-refractivity contribution < 1.29 is 27.5 Å². The maximum Gasteiger partial charge on any atom is 0.573 e. The topological polar surface area (TPSA) is 77.2 Å². The number of benzene rings is 3. The van der Waals surface area contributed by atoms with E-state index in [4.69, 9.17) is 26.8 Å². The zero-order valence-corrected chi connectivity index (χ0v) is 29.2. The van der Waals surface area contributed by atoms with Crippen molar-refractivity contribution in [3.8, 4) is 22.8 Å². The number of halogens is 3. The maximum absolute atomic E-state index is 12.5. The first-order valence-electron chi connectivity index (χ1n) is 15.5. The van der Waals surface area contributed by atoms with Crippen LogP contribution in [0.5, 0.6) is 5.75 Å². The van der Waals surface area contributed by atoms with Crippen LogP contribution in [0.3, 0.4) is 0 Å². The lowest BCUT2D eigenvalue weighted by Gasteiger charge is -2.30. The second-order valence-electron chi connectivity index (χ2n) is 12.7. The Bertz CT molecular complexity index is 1890. The van der Waals surface area contributed by atoms with Crippen LogP contribution in [0.1, 0.15) is 50.3 Å². The van der Waals surface area contributed by atoms with Crippen molar-refractivity contribution in [2.45, 2.75) is 59.0 Å². The molecule has 256 valence electrons. The molecule has 6 rings (SSSR count). The SMILES string of the molecule is Cc1ccc2c(c1)N1C(=CC2C)CS/C1=N\C(=S)ON(COC(C)(C)C)Cc1ccc(-c2ncn(-c3ccc(OC(F)(F)F)cc3)n2)cc1. The Balaban J connectivity index is 1.14. The predicted octanol–water partition coefficient (Wildman–Crippen LogP) is 8.54. The lowest BCUT2D eigenvalue weighted by molar-refractivity contribution is -0.274. The van der Waals surface area contributed by atoms with E-state index >= 15 is 0 Å². The van der Waals surface area contributed by atoms with Crippen LogP contribution in [-0.2, 0) is 16.1 Å². The Morgan fingerprint density at radius 2 is 1.80 bits per heavy atom. The van der Waals surface area contributed by atoms with Gasteiger partial charge in [-0.3, -0.25) is 4.90 Å². The van der Waals surface area contributed by atoms with Gasteiger partial charge in [0.2, 0.25) is 0 Å². The van der Waals surface area contributed by atoms with E-state index in [1.54, 1.807) is 16.8 Å². The van der Waals surface area contributed by atoms with Gasteiger partial charge in [0.15, 0.2) is 11.0 Å². The van der Waals surface area contributed by atoms with E-state index in [1.807, 2.05) is 45.0 Å². The van der Waals surface area contributed by atoms with Gasteiger partial charge in [-0.2, -0.15) is 4.99 Å². The number of ether oxygens (including phenoxy) is 2. The number of anilines is 1. The number of hydroxylamine groups is 2. The molecule has 0 radical (unpaired) electrons. The quantitative estimate of drug-likeness (QED) is 0.102. The summed E-state index contributed by atoms with van der Waals surface area (Å²) in [4.78, 5) is 17.4. The summed E-state index contributed by atoms with van der Waals surface area (Å²) in [7, 11) is 0. The number of nitrogens with zero attached hydrogens (tertiary/aromatic N) is 6. The summed E-state index contributed by atoms with van der Waals surface area (Å²) in [5, 5.41) is 6.98. The number of hydrogen-bond acceptors (Lipinski definition) is 8. The summed E-state index contributed by atoms with van der Waals surface area (Å²) >= 11 is 7.28. The monoisotopic (exact) mass is 708 g/mol. The number of aromatic nitrogens is 3. The van der Waals surface area contributed by atoms with E-state index in [1.165, 1.54) is 52.1 Å². The van der Waals surface area contributed by atoms with Gasteiger partial charge < -0.3 is 14.3 Å². The average molecular weight is 709 g/mol. The van der Waals surface area contributed by atoms with Crippen LogP contribution in [0.25, 0.3) is 17.1 Å². The fourth-order valence-electron chi connectivity index (χ4n) is 5.33. The van der Waals surface area contributed by atoms with Crippen molar-refractivity contribution in [1.29, 1.82) is 0 Å². The first-order valence-corrected chi connectivity index (χ1v) is 16.9. The molecule has 0 amide bonds. The molecule has 9 nitrogen and oxygen atoms in total. The van der Waals surface area contributed by atoms with E-state index in [0.717, 1.165) is 27.7 Å². The number of aliphatic imine (C=N–C) groups is 1. The first kappa shape index (κ1) is 34.6. The van der Waals surface area contributed by atoms with E-state index in [0.29, 0.717) is 24.0 Å². The molecule has 3 heterocycles. The minimum atomic E-state index is -4.76. The molecule has 1 fully saturated rings. The van der Waals surface area contributed by atoms with Crippen molar-refractivity contribution in [2.75, 3.05) is 17.4 Å². The van der Waals surface area contributed by atoms with Crippen LogP contribution < -0.4 is 9.64 Å². The van der Waals surface area contributed by atoms with Crippen LogP contribution in [0.15, 0.2) is 89.8 Å². The summed E-state index contributed by atoms with van der Waals surface area (Å²) in [6, 6.07) is 19.5. The summed E-state index contributed by atoms with van der Waals surface area (Å²) in [5.74, 6) is 1.26. The molecular weight excluding hydrogens is 674 g/mol. The van der Waals surface area contributed by atoms with Crippen molar-refractivity contribution in [3.63, 3.8) is 0 Å². The number of hydrogen-bond donors (Lipinski definition) is 0. The Morgan fingerprint density at radius 3 is 2.49 bits per heavy atom. The third-order valence-corrected chi connectivity index (χ3v) is 8.76. The van der Waals surface area contributed by atoms with Gasteiger partial charge in [-0.15, -0.1) is 23.3 Å². The molecule has 1 atom stereocenters. The maximum atomic E-state index is 12.5. The number of rotatable bonds is 8. The molecule has 0 spiro atoms. The van der Waals surface area contributed by atoms with Gasteiger partial charge in [0, 0.05) is 22.9 Å². The summed E-state index contributed by atoms with van der Waals surface area (Å²) in [6.45, 7) is 10.7. The van der Waals surface area contributed by atoms with E-state index in [9.17, 15) is 13.2 Å². The first-order chi connectivity index (χ1) is 23.2. The van der Waals surface area contributed by atoms with Gasteiger partial charge in [0.1, 0.15) is 18.8 Å². The molecule has 1 saturated heterocycles. The molecule has 0 saturated carbocycles. The van der Waals surface area contributed by atoms with Gasteiger partial charge in [0.05, 0.1) is 23.5 Å². The lowest BCUT2D eigenvalue weighted by atomic mass is 9.93. The molecule has 2 aliphatic heterocycles. The summed E-state index contributed by atoms with van der Waals surface area (Å²) < 4.78 is 49.0. The van der Waals surface area contributed by atoms with Gasteiger partial charge in [-0.1, -0.05) is 61.2 Å². The summed E-state index contributed by atoms with van der Waals surface area (Å²) in [5.41, 5.74) is 6.54. The Hall–Kier alpha value is -4.24. The largest absolute Gasteiger partial charge is 0.573 e. The molecule has 3 aromatic carbocycles. The fraction of sp³-hybridized carbons (Fsp3) is 0.314. The number of alkyl halides is 3. The molecule has 2 aliphatic rings. The average Bonchev–Trinajstić information content (AvgIpc) is 3.67. The zero-order valence-electron chi connectivity index (χ0n) is 27.6. The molecule has 1 unspecified atom stereocenters. The minimum Gasteiger partial charge on any atom is -0.406 e. The predicted molar refractivity (Wildman–Crippen MR) is 188 cm³/mol. The molecule has 14 heteroatoms. The highest BCUT2D eigenvalue weighted by Gasteiger charge is 2.34. The number of fused-ring (bicyclic) bond motifs is 3. The van der Waals surface area contributed by atoms with E-state index in [2.05, 4.69) is 57.8 Å². The molecule has 0 N–H and O–H groups in total. The van der Waals surface area contributed by atoms with Crippen molar-refractivity contribution >= 4 is 40.0 Å². The number of thioether (sulfide) groups is 1. The van der Waals surface area contributed by atoms with Crippen molar-refractivity contribution in [1.82, 2.24) is 19.8 Å². The standard InChI is InChI=1S/C35H35F3N6O3S2/c1-22-6-15-29-23(2)17-27-19-49-32(44(27)30(29)16-22)40-33(48)47-42(21-45-34(3,4)5)18-24-7-9-25(10-8-24)31-39-20-43(41-31)26-11-13-28(14-12-26)46-35(36,37)38/h6-17,20,23H,18-19,21H2,1-5H3/b40-32-. The minimum absolute atomic E-state index is 0.0819. The normalized spacial score (nSPS) is 16.8. The third-order valence-electron chi connectivity index (χ3n) is 7.62. The van der Waals surface area contributed by atoms with Gasteiger partial charge in [0.25, 0.3) is 0 Å². The number of aryl methyl sites for hydroxylation is 1. The Labute approximate surface area is 292 Å². The highest BCUT2D eigenvalue weighted by Crippen LogP contribution is 2.43. The molecule has 0 bridgehead atoms.